The minimum absolute atomic E-state index is 0.0205. The van der Waals surface area contributed by atoms with Crippen molar-refractivity contribution in [2.45, 2.75) is 50.7 Å². The van der Waals surface area contributed by atoms with E-state index in [0.29, 0.717) is 10.0 Å². The van der Waals surface area contributed by atoms with Gasteiger partial charge in [0.05, 0.1) is 10.6 Å². The van der Waals surface area contributed by atoms with Crippen molar-refractivity contribution in [3.05, 3.63) is 130 Å². The number of rotatable bonds is 12. The predicted octanol–water partition coefficient (Wildman–Crippen LogP) is 6.66. The number of hydrogen-bond donors (Lipinski definition) is 1. The number of amides is 2. The number of aryl methyl sites for hydroxylation is 1. The predicted molar refractivity (Wildman–Crippen MR) is 176 cm³/mol. The second-order valence-electron chi connectivity index (χ2n) is 10.8. The molecule has 0 saturated carbocycles. The van der Waals surface area contributed by atoms with E-state index >= 15 is 0 Å². The van der Waals surface area contributed by atoms with Crippen molar-refractivity contribution in [1.82, 2.24) is 10.2 Å². The van der Waals surface area contributed by atoms with Gasteiger partial charge >= 0.3 is 0 Å². The maximum atomic E-state index is 14.4. The molecule has 0 heterocycles. The van der Waals surface area contributed by atoms with Crippen LogP contribution in [0.5, 0.6) is 0 Å². The SMILES string of the molecule is Cc1ccc(N(CC(=O)N(Cc2ccc(Cl)cc2)C(Cc2ccccc2)C(=O)NC(C)C)S(=O)(=O)c2ccccc2)cc1Cl. The topological polar surface area (TPSA) is 86.8 Å². The summed E-state index contributed by atoms with van der Waals surface area (Å²) >= 11 is 12.6. The second kappa shape index (κ2) is 14.8. The van der Waals surface area contributed by atoms with Crippen molar-refractivity contribution in [2.24, 2.45) is 0 Å². The van der Waals surface area contributed by atoms with Crippen LogP contribution in [0.25, 0.3) is 0 Å². The molecule has 44 heavy (non-hydrogen) atoms. The normalized spacial score (nSPS) is 12.0. The number of sulfonamides is 1. The van der Waals surface area contributed by atoms with Gasteiger partial charge in [-0.05, 0) is 73.9 Å². The average molecular weight is 653 g/mol. The van der Waals surface area contributed by atoms with Gasteiger partial charge in [0.15, 0.2) is 0 Å². The number of benzene rings is 4. The molecule has 230 valence electrons. The first kappa shape index (κ1) is 33.1. The fourth-order valence-electron chi connectivity index (χ4n) is 4.71. The Morgan fingerprint density at radius 2 is 1.43 bits per heavy atom. The fraction of sp³-hybridized carbons (Fsp3) is 0.235. The molecule has 1 unspecified atom stereocenters. The number of anilines is 1. The molecular weight excluding hydrogens is 617 g/mol. The molecule has 7 nitrogen and oxygen atoms in total. The van der Waals surface area contributed by atoms with E-state index in [1.165, 1.54) is 23.1 Å². The molecule has 4 aromatic rings. The average Bonchev–Trinajstić information content (AvgIpc) is 3.00. The number of carbonyl (C=O) groups excluding carboxylic acids is 2. The van der Waals surface area contributed by atoms with Gasteiger partial charge in [0, 0.05) is 29.1 Å². The highest BCUT2D eigenvalue weighted by atomic mass is 35.5. The summed E-state index contributed by atoms with van der Waals surface area (Å²) in [6.45, 7) is 4.98. The molecule has 4 rings (SSSR count). The number of carbonyl (C=O) groups is 2. The maximum absolute atomic E-state index is 14.4. The lowest BCUT2D eigenvalue weighted by molar-refractivity contribution is -0.140. The third-order valence-electron chi connectivity index (χ3n) is 7.02. The van der Waals surface area contributed by atoms with E-state index in [9.17, 15) is 18.0 Å². The van der Waals surface area contributed by atoms with Gasteiger partial charge in [-0.2, -0.15) is 0 Å². The highest BCUT2D eigenvalue weighted by Gasteiger charge is 2.35. The Labute approximate surface area is 269 Å². The number of hydrogen-bond acceptors (Lipinski definition) is 4. The van der Waals surface area contributed by atoms with Gasteiger partial charge in [0.2, 0.25) is 11.8 Å². The molecule has 0 aliphatic carbocycles. The smallest absolute Gasteiger partial charge is 0.264 e. The van der Waals surface area contributed by atoms with E-state index in [1.807, 2.05) is 51.1 Å². The van der Waals surface area contributed by atoms with E-state index in [2.05, 4.69) is 5.32 Å². The van der Waals surface area contributed by atoms with Crippen LogP contribution < -0.4 is 9.62 Å². The molecule has 0 fully saturated rings. The molecule has 0 aliphatic rings. The largest absolute Gasteiger partial charge is 0.352 e. The highest BCUT2D eigenvalue weighted by molar-refractivity contribution is 7.92. The van der Waals surface area contributed by atoms with Crippen LogP contribution in [0.4, 0.5) is 5.69 Å². The van der Waals surface area contributed by atoms with Gasteiger partial charge in [-0.1, -0.05) is 89.9 Å². The zero-order valence-electron chi connectivity index (χ0n) is 24.8. The minimum Gasteiger partial charge on any atom is -0.352 e. The summed E-state index contributed by atoms with van der Waals surface area (Å²) in [6.07, 6.45) is 0.223. The first-order valence-electron chi connectivity index (χ1n) is 14.2. The van der Waals surface area contributed by atoms with E-state index in [1.54, 1.807) is 54.6 Å². The summed E-state index contributed by atoms with van der Waals surface area (Å²) < 4.78 is 29.1. The van der Waals surface area contributed by atoms with Crippen molar-refractivity contribution in [1.29, 1.82) is 0 Å². The van der Waals surface area contributed by atoms with Crippen LogP contribution in [0.1, 0.15) is 30.5 Å². The van der Waals surface area contributed by atoms with E-state index in [-0.39, 0.29) is 35.5 Å². The van der Waals surface area contributed by atoms with Crippen molar-refractivity contribution in [3.63, 3.8) is 0 Å². The molecule has 0 spiro atoms. The van der Waals surface area contributed by atoms with E-state index < -0.39 is 28.5 Å². The Kier molecular flexibility index (Phi) is 11.1. The van der Waals surface area contributed by atoms with Crippen LogP contribution in [0.15, 0.2) is 108 Å². The lowest BCUT2D eigenvalue weighted by Crippen LogP contribution is -2.54. The van der Waals surface area contributed by atoms with Crippen molar-refractivity contribution >= 4 is 50.7 Å². The lowest BCUT2D eigenvalue weighted by Gasteiger charge is -2.34. The quantitative estimate of drug-likeness (QED) is 0.186. The molecule has 1 atom stereocenters. The zero-order chi connectivity index (χ0) is 31.9. The molecule has 1 N–H and O–H groups in total. The summed E-state index contributed by atoms with van der Waals surface area (Å²) in [5, 5.41) is 3.83. The Hall–Kier alpha value is -3.85. The van der Waals surface area contributed by atoms with Gasteiger partial charge in [-0.25, -0.2) is 8.42 Å². The summed E-state index contributed by atoms with van der Waals surface area (Å²) in [7, 11) is -4.21. The van der Waals surface area contributed by atoms with Crippen LogP contribution in [0.2, 0.25) is 10.0 Å². The van der Waals surface area contributed by atoms with Gasteiger partial charge in [0.25, 0.3) is 10.0 Å². The number of nitrogens with zero attached hydrogens (tertiary/aromatic N) is 2. The summed E-state index contributed by atoms with van der Waals surface area (Å²) in [5.41, 5.74) is 2.57. The van der Waals surface area contributed by atoms with E-state index in [4.69, 9.17) is 23.2 Å². The van der Waals surface area contributed by atoms with Crippen LogP contribution in [-0.2, 0) is 32.6 Å². The van der Waals surface area contributed by atoms with Crippen molar-refractivity contribution in [2.75, 3.05) is 10.8 Å². The molecule has 4 aromatic carbocycles. The molecule has 0 bridgehead atoms. The van der Waals surface area contributed by atoms with Gasteiger partial charge < -0.3 is 10.2 Å². The molecule has 2 amide bonds. The van der Waals surface area contributed by atoms with Crippen molar-refractivity contribution < 1.29 is 18.0 Å². The standard InChI is InChI=1S/C34H35Cl2N3O4S/c1-24(2)37-34(41)32(20-26-10-6-4-7-11-26)38(22-27-15-17-28(35)18-16-27)33(40)23-39(29-19-14-25(3)31(36)21-29)44(42,43)30-12-8-5-9-13-30/h4-19,21,24,32H,20,22-23H2,1-3H3,(H,37,41). The van der Waals surface area contributed by atoms with Crippen LogP contribution in [-0.4, -0.2) is 43.8 Å². The Balaban J connectivity index is 1.81. The maximum Gasteiger partial charge on any atom is 0.264 e. The van der Waals surface area contributed by atoms with Crippen LogP contribution >= 0.6 is 23.2 Å². The van der Waals surface area contributed by atoms with Crippen LogP contribution in [0.3, 0.4) is 0 Å². The van der Waals surface area contributed by atoms with Crippen LogP contribution in [0, 0.1) is 6.92 Å². The first-order valence-corrected chi connectivity index (χ1v) is 16.4. The third-order valence-corrected chi connectivity index (χ3v) is 9.47. The first-order chi connectivity index (χ1) is 21.0. The number of nitrogens with one attached hydrogen (secondary N) is 1. The Bertz CT molecular complexity index is 1680. The summed E-state index contributed by atoms with van der Waals surface area (Å²) in [6, 6.07) is 28.0. The van der Waals surface area contributed by atoms with E-state index in [0.717, 1.165) is 21.0 Å². The summed E-state index contributed by atoms with van der Waals surface area (Å²) in [4.78, 5) is 29.6. The zero-order valence-corrected chi connectivity index (χ0v) is 27.1. The second-order valence-corrected chi connectivity index (χ2v) is 13.5. The molecule has 0 aliphatic heterocycles. The third kappa shape index (κ3) is 8.40. The van der Waals surface area contributed by atoms with Gasteiger partial charge in [-0.3, -0.25) is 13.9 Å². The molecule has 0 aromatic heterocycles. The summed E-state index contributed by atoms with van der Waals surface area (Å²) in [5.74, 6) is -0.905. The molecule has 0 saturated heterocycles. The highest BCUT2D eigenvalue weighted by Crippen LogP contribution is 2.29. The minimum atomic E-state index is -4.21. The van der Waals surface area contributed by atoms with Gasteiger partial charge in [0.1, 0.15) is 12.6 Å². The molecule has 0 radical (unpaired) electrons. The Morgan fingerprint density at radius 1 is 0.818 bits per heavy atom. The lowest BCUT2D eigenvalue weighted by atomic mass is 10.0. The monoisotopic (exact) mass is 651 g/mol. The van der Waals surface area contributed by atoms with Gasteiger partial charge in [-0.15, -0.1) is 0 Å². The molecule has 10 heteroatoms. The Morgan fingerprint density at radius 3 is 2.02 bits per heavy atom. The fourth-order valence-corrected chi connectivity index (χ4v) is 6.43. The van der Waals surface area contributed by atoms with Crippen molar-refractivity contribution in [3.8, 4) is 0 Å². The molecular formula is C34H35Cl2N3O4S. The number of halogens is 2.